The van der Waals surface area contributed by atoms with Gasteiger partial charge in [0, 0.05) is 6.54 Å². The highest BCUT2D eigenvalue weighted by molar-refractivity contribution is 5.90. The second-order valence-electron chi connectivity index (χ2n) is 3.33. The third-order valence-electron chi connectivity index (χ3n) is 2.34. The number of anilines is 2. The molecule has 0 amide bonds. The quantitative estimate of drug-likeness (QED) is 0.383. The number of nitro benzene ring substituents is 3. The number of hydrogen-bond acceptors (Lipinski definition) is 9. The fraction of sp³-hybridized carbons (Fsp3) is 0.143. The first-order valence-corrected chi connectivity index (χ1v) is 4.61. The maximum absolute atomic E-state index is 10.8. The Bertz CT molecular complexity index is 557. The van der Waals surface area contributed by atoms with Crippen molar-refractivity contribution < 1.29 is 14.8 Å². The number of benzene rings is 1. The molecule has 19 heavy (non-hydrogen) atoms. The Morgan fingerprint density at radius 3 is 1.32 bits per heavy atom. The molecule has 0 aromatic heterocycles. The van der Waals surface area contributed by atoms with Crippen LogP contribution in [0.25, 0.3) is 0 Å². The first-order chi connectivity index (χ1) is 8.73. The van der Waals surface area contributed by atoms with Gasteiger partial charge in [0.25, 0.3) is 0 Å². The Balaban J connectivity index is 3.99. The van der Waals surface area contributed by atoms with Crippen LogP contribution in [-0.2, 0) is 6.54 Å². The molecule has 0 aliphatic heterocycles. The van der Waals surface area contributed by atoms with Crippen LogP contribution in [0.15, 0.2) is 0 Å². The van der Waals surface area contributed by atoms with E-state index in [2.05, 4.69) is 0 Å². The highest BCUT2D eigenvalue weighted by atomic mass is 16.6. The lowest BCUT2D eigenvalue weighted by Crippen LogP contribution is -2.13. The van der Waals surface area contributed by atoms with E-state index in [1.54, 1.807) is 0 Å². The Hall–Kier alpha value is -3.02. The Morgan fingerprint density at radius 2 is 1.11 bits per heavy atom. The van der Waals surface area contributed by atoms with E-state index in [0.717, 1.165) is 0 Å². The van der Waals surface area contributed by atoms with E-state index < -0.39 is 55.3 Å². The zero-order valence-electron chi connectivity index (χ0n) is 9.23. The minimum atomic E-state index is -1.12. The summed E-state index contributed by atoms with van der Waals surface area (Å²) >= 11 is 0. The summed E-state index contributed by atoms with van der Waals surface area (Å²) in [7, 11) is 0. The normalized spacial score (nSPS) is 10.2. The smallest absolute Gasteiger partial charge is 0.329 e. The summed E-state index contributed by atoms with van der Waals surface area (Å²) in [5.74, 6) is 0. The van der Waals surface area contributed by atoms with Gasteiger partial charge in [-0.25, -0.2) is 0 Å². The largest absolute Gasteiger partial charge is 0.387 e. The van der Waals surface area contributed by atoms with Gasteiger partial charge in [-0.3, -0.25) is 30.3 Å². The van der Waals surface area contributed by atoms with Crippen molar-refractivity contribution >= 4 is 28.4 Å². The van der Waals surface area contributed by atoms with Crippen molar-refractivity contribution in [2.24, 2.45) is 5.73 Å². The molecule has 0 bridgehead atoms. The van der Waals surface area contributed by atoms with Crippen LogP contribution in [0.1, 0.15) is 5.56 Å². The standard InChI is InChI=1S/C7H8N6O6/c8-1-2-5(11(14)15)3(9)7(13(18)19)4(10)6(2)12(16)17/h1,8-10H2. The van der Waals surface area contributed by atoms with Gasteiger partial charge in [0.1, 0.15) is 5.56 Å². The fourth-order valence-electron chi connectivity index (χ4n) is 1.61. The van der Waals surface area contributed by atoms with Crippen molar-refractivity contribution in [3.63, 3.8) is 0 Å². The second-order valence-corrected chi connectivity index (χ2v) is 3.33. The molecule has 12 heteroatoms. The topological polar surface area (TPSA) is 207 Å². The summed E-state index contributed by atoms with van der Waals surface area (Å²) < 4.78 is 0. The van der Waals surface area contributed by atoms with E-state index in [9.17, 15) is 30.3 Å². The average Bonchev–Trinajstić information content (AvgIpc) is 2.25. The van der Waals surface area contributed by atoms with Crippen LogP contribution in [0.4, 0.5) is 28.4 Å². The van der Waals surface area contributed by atoms with Crippen LogP contribution in [0.5, 0.6) is 0 Å². The van der Waals surface area contributed by atoms with Gasteiger partial charge >= 0.3 is 17.1 Å². The lowest BCUT2D eigenvalue weighted by atomic mass is 10.1. The van der Waals surface area contributed by atoms with Gasteiger partial charge in [-0.2, -0.15) is 0 Å². The molecular formula is C7H8N6O6. The van der Waals surface area contributed by atoms with E-state index in [4.69, 9.17) is 17.2 Å². The molecule has 0 fully saturated rings. The molecule has 0 saturated heterocycles. The van der Waals surface area contributed by atoms with Gasteiger partial charge in [-0.15, -0.1) is 0 Å². The molecule has 0 aliphatic carbocycles. The molecule has 102 valence electrons. The Labute approximate surface area is 104 Å². The number of rotatable bonds is 4. The highest BCUT2D eigenvalue weighted by Gasteiger charge is 2.39. The molecule has 0 spiro atoms. The van der Waals surface area contributed by atoms with Crippen molar-refractivity contribution in [2.45, 2.75) is 6.54 Å². The Kier molecular flexibility index (Phi) is 3.47. The number of hydrogen-bond donors (Lipinski definition) is 3. The molecular weight excluding hydrogens is 264 g/mol. The number of nitrogens with two attached hydrogens (primary N) is 3. The Morgan fingerprint density at radius 1 is 0.789 bits per heavy atom. The van der Waals surface area contributed by atoms with E-state index in [0.29, 0.717) is 0 Å². The van der Waals surface area contributed by atoms with Crippen LogP contribution in [0.2, 0.25) is 0 Å². The second kappa shape index (κ2) is 4.69. The van der Waals surface area contributed by atoms with E-state index in [1.165, 1.54) is 0 Å². The van der Waals surface area contributed by atoms with Crippen LogP contribution in [0.3, 0.4) is 0 Å². The summed E-state index contributed by atoms with van der Waals surface area (Å²) in [4.78, 5) is 29.2. The SMILES string of the molecule is NCc1c([N+](=O)[O-])c(N)c([N+](=O)[O-])c(N)c1[N+](=O)[O-]. The minimum absolute atomic E-state index is 0.560. The molecule has 0 radical (unpaired) electrons. The van der Waals surface area contributed by atoms with E-state index in [1.807, 2.05) is 0 Å². The molecule has 0 heterocycles. The average molecular weight is 272 g/mol. The van der Waals surface area contributed by atoms with Crippen molar-refractivity contribution in [2.75, 3.05) is 11.5 Å². The molecule has 1 rings (SSSR count). The van der Waals surface area contributed by atoms with Crippen LogP contribution < -0.4 is 17.2 Å². The van der Waals surface area contributed by atoms with Gasteiger partial charge in [-0.05, 0) is 0 Å². The first-order valence-electron chi connectivity index (χ1n) is 4.61. The molecule has 12 nitrogen and oxygen atoms in total. The number of nitrogens with zero attached hydrogens (tertiary/aromatic N) is 3. The summed E-state index contributed by atoms with van der Waals surface area (Å²) in [5, 5.41) is 32.5. The lowest BCUT2D eigenvalue weighted by molar-refractivity contribution is -0.401. The molecule has 6 N–H and O–H groups in total. The van der Waals surface area contributed by atoms with E-state index in [-0.39, 0.29) is 0 Å². The van der Waals surface area contributed by atoms with Gasteiger partial charge in [0.05, 0.1) is 14.8 Å². The highest BCUT2D eigenvalue weighted by Crippen LogP contribution is 2.46. The molecule has 1 aromatic carbocycles. The van der Waals surface area contributed by atoms with Crippen LogP contribution in [0, 0.1) is 30.3 Å². The van der Waals surface area contributed by atoms with Crippen molar-refractivity contribution in [1.29, 1.82) is 0 Å². The van der Waals surface area contributed by atoms with Crippen molar-refractivity contribution in [3.8, 4) is 0 Å². The van der Waals surface area contributed by atoms with E-state index >= 15 is 0 Å². The third kappa shape index (κ3) is 2.06. The number of nitro groups is 3. The van der Waals surface area contributed by atoms with Gasteiger partial charge in [0.15, 0.2) is 11.4 Å². The summed E-state index contributed by atoms with van der Waals surface area (Å²) in [6.07, 6.45) is 0. The maximum atomic E-state index is 10.8. The predicted octanol–water partition coefficient (Wildman–Crippen LogP) is 0.0343. The fourth-order valence-corrected chi connectivity index (χ4v) is 1.61. The maximum Gasteiger partial charge on any atom is 0.329 e. The van der Waals surface area contributed by atoms with Crippen LogP contribution >= 0.6 is 0 Å². The van der Waals surface area contributed by atoms with Gasteiger partial charge < -0.3 is 17.2 Å². The lowest BCUT2D eigenvalue weighted by Gasteiger charge is -2.08. The zero-order chi connectivity index (χ0) is 14.9. The third-order valence-corrected chi connectivity index (χ3v) is 2.34. The molecule has 0 aliphatic rings. The predicted molar refractivity (Wildman–Crippen MR) is 63.1 cm³/mol. The van der Waals surface area contributed by atoms with Crippen molar-refractivity contribution in [3.05, 3.63) is 35.9 Å². The minimum Gasteiger partial charge on any atom is -0.387 e. The molecule has 0 saturated carbocycles. The zero-order valence-corrected chi connectivity index (χ0v) is 9.23. The summed E-state index contributed by atoms with van der Waals surface area (Å²) in [6.45, 7) is -0.612. The monoisotopic (exact) mass is 272 g/mol. The van der Waals surface area contributed by atoms with Gasteiger partial charge in [-0.1, -0.05) is 0 Å². The summed E-state index contributed by atoms with van der Waals surface area (Å²) in [5.41, 5.74) is 10.5. The van der Waals surface area contributed by atoms with Crippen molar-refractivity contribution in [1.82, 2.24) is 0 Å². The van der Waals surface area contributed by atoms with Gasteiger partial charge in [0.2, 0.25) is 0 Å². The number of nitrogen functional groups attached to an aromatic ring is 2. The molecule has 0 unspecified atom stereocenters. The van der Waals surface area contributed by atoms with Crippen LogP contribution in [-0.4, -0.2) is 14.8 Å². The molecule has 1 aromatic rings. The summed E-state index contributed by atoms with van der Waals surface area (Å²) in [6, 6.07) is 0. The first kappa shape index (κ1) is 14.0. The molecule has 0 atom stereocenters.